The molecule has 5 heteroatoms. The van der Waals surface area contributed by atoms with Crippen LogP contribution < -0.4 is 0 Å². The molecule has 0 saturated heterocycles. The van der Waals surface area contributed by atoms with Crippen LogP contribution in [0, 0.1) is 5.82 Å². The summed E-state index contributed by atoms with van der Waals surface area (Å²) in [6, 6.07) is 6.14. The van der Waals surface area contributed by atoms with Crippen LogP contribution in [-0.4, -0.2) is 19.7 Å². The number of H-pyrrole nitrogens is 1. The van der Waals surface area contributed by atoms with Gasteiger partial charge in [-0.25, -0.2) is 14.1 Å². The van der Waals surface area contributed by atoms with Crippen molar-refractivity contribution in [2.75, 3.05) is 0 Å². The number of benzene rings is 1. The van der Waals surface area contributed by atoms with Gasteiger partial charge in [-0.05, 0) is 24.3 Å². The summed E-state index contributed by atoms with van der Waals surface area (Å²) >= 11 is 0. The Morgan fingerprint density at radius 2 is 2.00 bits per heavy atom. The molecule has 0 aliphatic rings. The van der Waals surface area contributed by atoms with E-state index in [0.29, 0.717) is 5.65 Å². The molecule has 15 heavy (non-hydrogen) atoms. The Hall–Kier alpha value is -2.17. The number of hydrogen-bond acceptors (Lipinski definition) is 2. The molecule has 0 radical (unpaired) electrons. The first kappa shape index (κ1) is 8.16. The summed E-state index contributed by atoms with van der Waals surface area (Å²) in [4.78, 5) is 6.97. The average molecular weight is 202 g/mol. The van der Waals surface area contributed by atoms with Crippen LogP contribution in [0.5, 0.6) is 0 Å². The van der Waals surface area contributed by atoms with E-state index in [2.05, 4.69) is 15.1 Å². The highest BCUT2D eigenvalue weighted by Crippen LogP contribution is 2.12. The largest absolute Gasteiger partial charge is 0.342 e. The number of nitrogens with one attached hydrogen (secondary N) is 1. The van der Waals surface area contributed by atoms with Crippen LogP contribution in [0.2, 0.25) is 0 Å². The van der Waals surface area contributed by atoms with Gasteiger partial charge in [-0.3, -0.25) is 0 Å². The zero-order chi connectivity index (χ0) is 10.3. The smallest absolute Gasteiger partial charge is 0.199 e. The molecule has 0 atom stereocenters. The van der Waals surface area contributed by atoms with Crippen molar-refractivity contribution in [2.45, 2.75) is 0 Å². The second-order valence-electron chi connectivity index (χ2n) is 3.19. The third-order valence-corrected chi connectivity index (χ3v) is 2.19. The van der Waals surface area contributed by atoms with Crippen LogP contribution in [0.15, 0.2) is 36.8 Å². The Kier molecular flexibility index (Phi) is 1.58. The second-order valence-corrected chi connectivity index (χ2v) is 3.19. The normalized spacial score (nSPS) is 11.0. The molecule has 4 nitrogen and oxygen atoms in total. The minimum atomic E-state index is -0.255. The molecule has 1 aromatic carbocycles. The SMILES string of the molecule is Fc1ccc(-n2cc3[nH]cnc3n2)cc1. The summed E-state index contributed by atoms with van der Waals surface area (Å²) in [5, 5.41) is 4.22. The molecule has 3 aromatic rings. The Morgan fingerprint density at radius 3 is 2.73 bits per heavy atom. The fourth-order valence-corrected chi connectivity index (χ4v) is 1.45. The molecule has 0 saturated carbocycles. The van der Waals surface area contributed by atoms with Crippen molar-refractivity contribution in [1.82, 2.24) is 19.7 Å². The summed E-state index contributed by atoms with van der Waals surface area (Å²) in [6.45, 7) is 0. The van der Waals surface area contributed by atoms with Gasteiger partial charge in [0.05, 0.1) is 18.2 Å². The van der Waals surface area contributed by atoms with E-state index in [1.165, 1.54) is 12.1 Å². The quantitative estimate of drug-likeness (QED) is 0.655. The van der Waals surface area contributed by atoms with Crippen LogP contribution in [0.1, 0.15) is 0 Å². The number of nitrogens with zero attached hydrogens (tertiary/aromatic N) is 3. The van der Waals surface area contributed by atoms with E-state index in [9.17, 15) is 4.39 Å². The molecule has 3 rings (SSSR count). The molecule has 74 valence electrons. The lowest BCUT2D eigenvalue weighted by Crippen LogP contribution is -1.94. The van der Waals surface area contributed by atoms with E-state index in [4.69, 9.17) is 0 Å². The molecule has 0 unspecified atom stereocenters. The Balaban J connectivity index is 2.13. The number of hydrogen-bond donors (Lipinski definition) is 1. The van der Waals surface area contributed by atoms with Crippen LogP contribution in [0.25, 0.3) is 16.9 Å². The Morgan fingerprint density at radius 1 is 1.20 bits per heavy atom. The van der Waals surface area contributed by atoms with Crippen molar-refractivity contribution >= 4 is 11.2 Å². The number of aromatic amines is 1. The fraction of sp³-hybridized carbons (Fsp3) is 0. The van der Waals surface area contributed by atoms with Crippen LogP contribution in [-0.2, 0) is 0 Å². The lowest BCUT2D eigenvalue weighted by Gasteiger charge is -1.99. The predicted octanol–water partition coefficient (Wildman–Crippen LogP) is 1.89. The Labute approximate surface area is 84.4 Å². The number of aromatic nitrogens is 4. The first-order valence-corrected chi connectivity index (χ1v) is 4.47. The highest BCUT2D eigenvalue weighted by Gasteiger charge is 2.03. The molecule has 0 amide bonds. The second kappa shape index (κ2) is 2.91. The topological polar surface area (TPSA) is 46.5 Å². The highest BCUT2D eigenvalue weighted by molar-refractivity contribution is 5.69. The van der Waals surface area contributed by atoms with Gasteiger partial charge in [-0.1, -0.05) is 0 Å². The lowest BCUT2D eigenvalue weighted by atomic mass is 10.3. The van der Waals surface area contributed by atoms with E-state index < -0.39 is 0 Å². The first-order chi connectivity index (χ1) is 7.33. The third kappa shape index (κ3) is 1.28. The first-order valence-electron chi connectivity index (χ1n) is 4.47. The summed E-state index contributed by atoms with van der Waals surface area (Å²) in [5.41, 5.74) is 2.32. The molecule has 0 fully saturated rings. The fourth-order valence-electron chi connectivity index (χ4n) is 1.45. The lowest BCUT2D eigenvalue weighted by molar-refractivity contribution is 0.627. The van der Waals surface area contributed by atoms with Crippen molar-refractivity contribution in [3.63, 3.8) is 0 Å². The van der Waals surface area contributed by atoms with E-state index in [1.807, 2.05) is 6.20 Å². The molecule has 1 N–H and O–H groups in total. The zero-order valence-corrected chi connectivity index (χ0v) is 7.68. The van der Waals surface area contributed by atoms with Crippen LogP contribution >= 0.6 is 0 Å². The van der Waals surface area contributed by atoms with E-state index in [1.54, 1.807) is 23.1 Å². The van der Waals surface area contributed by atoms with E-state index in [-0.39, 0.29) is 5.82 Å². The van der Waals surface area contributed by atoms with Gasteiger partial charge in [0.1, 0.15) is 11.3 Å². The van der Waals surface area contributed by atoms with E-state index in [0.717, 1.165) is 11.2 Å². The van der Waals surface area contributed by atoms with Gasteiger partial charge in [0, 0.05) is 0 Å². The maximum atomic E-state index is 12.7. The Bertz CT molecular complexity index is 565. The van der Waals surface area contributed by atoms with Crippen LogP contribution in [0.3, 0.4) is 0 Å². The van der Waals surface area contributed by atoms with Gasteiger partial charge in [-0.15, -0.1) is 5.10 Å². The molecule has 0 spiro atoms. The maximum Gasteiger partial charge on any atom is 0.199 e. The molecule has 2 aromatic heterocycles. The summed E-state index contributed by atoms with van der Waals surface area (Å²) in [5.74, 6) is -0.255. The molecule has 2 heterocycles. The van der Waals surface area contributed by atoms with Gasteiger partial charge in [0.2, 0.25) is 0 Å². The average Bonchev–Trinajstić information content (AvgIpc) is 2.78. The van der Waals surface area contributed by atoms with Crippen molar-refractivity contribution in [3.8, 4) is 5.69 Å². The van der Waals surface area contributed by atoms with Crippen molar-refractivity contribution in [1.29, 1.82) is 0 Å². The van der Waals surface area contributed by atoms with Gasteiger partial charge in [0.25, 0.3) is 0 Å². The minimum Gasteiger partial charge on any atom is -0.342 e. The van der Waals surface area contributed by atoms with Gasteiger partial charge < -0.3 is 4.98 Å². The highest BCUT2D eigenvalue weighted by atomic mass is 19.1. The monoisotopic (exact) mass is 202 g/mol. The third-order valence-electron chi connectivity index (χ3n) is 2.19. The zero-order valence-electron chi connectivity index (χ0n) is 7.68. The predicted molar refractivity (Wildman–Crippen MR) is 53.2 cm³/mol. The summed E-state index contributed by atoms with van der Waals surface area (Å²) < 4.78 is 14.4. The summed E-state index contributed by atoms with van der Waals surface area (Å²) in [7, 11) is 0. The number of fused-ring (bicyclic) bond motifs is 1. The number of rotatable bonds is 1. The minimum absolute atomic E-state index is 0.255. The van der Waals surface area contributed by atoms with Crippen molar-refractivity contribution < 1.29 is 4.39 Å². The standard InChI is InChI=1S/C10H7FN4/c11-7-1-3-8(4-2-7)15-5-9-10(14-15)13-6-12-9/h1-6H,(H,12,13,14). The van der Waals surface area contributed by atoms with Crippen LogP contribution in [0.4, 0.5) is 4.39 Å². The van der Waals surface area contributed by atoms with E-state index >= 15 is 0 Å². The molecule has 0 bridgehead atoms. The number of imidazole rings is 1. The van der Waals surface area contributed by atoms with Gasteiger partial charge >= 0.3 is 0 Å². The molecule has 0 aliphatic carbocycles. The van der Waals surface area contributed by atoms with Gasteiger partial charge in [-0.2, -0.15) is 0 Å². The summed E-state index contributed by atoms with van der Waals surface area (Å²) in [6.07, 6.45) is 3.40. The van der Waals surface area contributed by atoms with Crippen molar-refractivity contribution in [2.24, 2.45) is 0 Å². The maximum absolute atomic E-state index is 12.7. The molecule has 0 aliphatic heterocycles. The molecular formula is C10H7FN4. The molecular weight excluding hydrogens is 195 g/mol. The van der Waals surface area contributed by atoms with Gasteiger partial charge in [0.15, 0.2) is 5.65 Å². The number of halogens is 1. The van der Waals surface area contributed by atoms with Crippen molar-refractivity contribution in [3.05, 3.63) is 42.6 Å².